The fraction of sp³-hybridized carbons (Fsp3) is 0.320. The van der Waals surface area contributed by atoms with Gasteiger partial charge in [0.1, 0.15) is 17.5 Å². The number of benzene rings is 1. The number of nitrogens with two attached hydrogens (primary N) is 1. The van der Waals surface area contributed by atoms with Gasteiger partial charge in [-0.25, -0.2) is 13.8 Å². The second-order valence-electron chi connectivity index (χ2n) is 8.98. The Morgan fingerprint density at radius 3 is 2.41 bits per heavy atom. The van der Waals surface area contributed by atoms with Gasteiger partial charge in [-0.2, -0.15) is 0 Å². The molecule has 2 saturated heterocycles. The molecule has 2 aliphatic heterocycles. The molecule has 7 nitrogen and oxygen atoms in total. The Balaban J connectivity index is 1.41. The van der Waals surface area contributed by atoms with Crippen LogP contribution in [0.5, 0.6) is 0 Å². The number of nitrogens with zero attached hydrogens (tertiary/aromatic N) is 3. The maximum atomic E-state index is 14.4. The highest BCUT2D eigenvalue weighted by Gasteiger charge is 2.41. The molecule has 0 unspecified atom stereocenters. The molecular formula is C25H25F2N5O2. The van der Waals surface area contributed by atoms with Crippen LogP contribution in [-0.2, 0) is 4.74 Å². The topological polar surface area (TPSA) is 93.4 Å². The number of nitrogens with one attached hydrogen (secondary N) is 1. The lowest BCUT2D eigenvalue weighted by Crippen LogP contribution is -2.50. The van der Waals surface area contributed by atoms with E-state index < -0.39 is 17.5 Å². The van der Waals surface area contributed by atoms with Crippen molar-refractivity contribution < 1.29 is 18.3 Å². The van der Waals surface area contributed by atoms with Crippen molar-refractivity contribution >= 4 is 23.1 Å². The summed E-state index contributed by atoms with van der Waals surface area (Å²) < 4.78 is 34.1. The number of pyridine rings is 2. The fourth-order valence-electron chi connectivity index (χ4n) is 4.66. The number of rotatable bonds is 5. The molecule has 0 bridgehead atoms. The van der Waals surface area contributed by atoms with Crippen molar-refractivity contribution in [3.63, 3.8) is 0 Å². The number of halogens is 2. The number of anilines is 3. The van der Waals surface area contributed by atoms with Gasteiger partial charge in [-0.05, 0) is 50.1 Å². The standard InChI is InChI=1S/C25H25F2N5O2/c1-15-22(24(28)33)19(11-20(30-15)23-17(26)3-2-4-18(23)27)31-21-6-5-16(12-29-21)32-9-7-25(8-10-32)13-34-14-25/h2-6,11-12H,7-10,13-14H2,1H3,(H2,28,33)(H,29,30,31). The number of carbonyl (C=O) groups excluding carboxylic acids is 1. The van der Waals surface area contributed by atoms with Gasteiger partial charge in [0.05, 0.1) is 53.3 Å². The van der Waals surface area contributed by atoms with Crippen molar-refractivity contribution in [2.45, 2.75) is 19.8 Å². The molecule has 3 N–H and O–H groups in total. The van der Waals surface area contributed by atoms with E-state index in [1.165, 1.54) is 12.1 Å². The number of amides is 1. The van der Waals surface area contributed by atoms with E-state index in [2.05, 4.69) is 20.2 Å². The Morgan fingerprint density at radius 2 is 1.85 bits per heavy atom. The van der Waals surface area contributed by atoms with Crippen molar-refractivity contribution in [3.05, 3.63) is 65.5 Å². The normalized spacial score (nSPS) is 16.9. The second kappa shape index (κ2) is 8.64. The molecule has 3 aromatic rings. The van der Waals surface area contributed by atoms with Crippen LogP contribution in [0.15, 0.2) is 42.6 Å². The first kappa shape index (κ1) is 22.2. The highest BCUT2D eigenvalue weighted by atomic mass is 19.1. The van der Waals surface area contributed by atoms with Gasteiger partial charge in [0.25, 0.3) is 5.91 Å². The molecule has 5 rings (SSSR count). The van der Waals surface area contributed by atoms with E-state index in [9.17, 15) is 13.6 Å². The average molecular weight is 466 g/mol. The molecule has 34 heavy (non-hydrogen) atoms. The van der Waals surface area contributed by atoms with E-state index in [1.54, 1.807) is 19.2 Å². The zero-order valence-corrected chi connectivity index (χ0v) is 18.8. The zero-order chi connectivity index (χ0) is 23.9. The number of primary amides is 1. The van der Waals surface area contributed by atoms with E-state index in [-0.39, 0.29) is 28.2 Å². The number of carbonyl (C=O) groups is 1. The maximum Gasteiger partial charge on any atom is 0.252 e. The van der Waals surface area contributed by atoms with Crippen LogP contribution in [0.2, 0.25) is 0 Å². The molecule has 0 aliphatic carbocycles. The highest BCUT2D eigenvalue weighted by molar-refractivity contribution is 6.00. The summed E-state index contributed by atoms with van der Waals surface area (Å²) in [5, 5.41) is 3.07. The van der Waals surface area contributed by atoms with Crippen LogP contribution in [0.1, 0.15) is 28.9 Å². The third-order valence-electron chi connectivity index (χ3n) is 6.68. The average Bonchev–Trinajstić information content (AvgIpc) is 2.78. The molecule has 0 atom stereocenters. The van der Waals surface area contributed by atoms with Crippen LogP contribution < -0.4 is 16.0 Å². The van der Waals surface area contributed by atoms with E-state index in [1.807, 2.05) is 6.07 Å². The van der Waals surface area contributed by atoms with Gasteiger partial charge in [0.2, 0.25) is 0 Å². The van der Waals surface area contributed by atoms with Crippen molar-refractivity contribution in [1.82, 2.24) is 9.97 Å². The minimum Gasteiger partial charge on any atom is -0.380 e. The van der Waals surface area contributed by atoms with Crippen molar-refractivity contribution in [2.75, 3.05) is 36.5 Å². The lowest BCUT2D eigenvalue weighted by atomic mass is 9.77. The van der Waals surface area contributed by atoms with Crippen LogP contribution in [0.25, 0.3) is 11.3 Å². The summed E-state index contributed by atoms with van der Waals surface area (Å²) in [5.74, 6) is -1.72. The quantitative estimate of drug-likeness (QED) is 0.587. The molecule has 1 amide bonds. The zero-order valence-electron chi connectivity index (χ0n) is 18.8. The highest BCUT2D eigenvalue weighted by Crippen LogP contribution is 2.39. The van der Waals surface area contributed by atoms with Gasteiger partial charge in [-0.1, -0.05) is 6.07 Å². The molecule has 9 heteroatoms. The third-order valence-corrected chi connectivity index (χ3v) is 6.68. The largest absolute Gasteiger partial charge is 0.380 e. The van der Waals surface area contributed by atoms with E-state index >= 15 is 0 Å². The molecule has 176 valence electrons. The molecule has 0 radical (unpaired) electrons. The number of hydrogen-bond donors (Lipinski definition) is 2. The number of piperidine rings is 1. The minimum atomic E-state index is -0.746. The van der Waals surface area contributed by atoms with Gasteiger partial charge in [0.15, 0.2) is 0 Å². The fourth-order valence-corrected chi connectivity index (χ4v) is 4.66. The van der Waals surface area contributed by atoms with E-state index in [0.29, 0.717) is 11.2 Å². The Morgan fingerprint density at radius 1 is 1.15 bits per heavy atom. The summed E-state index contributed by atoms with van der Waals surface area (Å²) in [7, 11) is 0. The van der Waals surface area contributed by atoms with Crippen LogP contribution in [0.3, 0.4) is 0 Å². The van der Waals surface area contributed by atoms with Gasteiger partial charge in [-0.3, -0.25) is 9.78 Å². The lowest BCUT2D eigenvalue weighted by Gasteiger charge is -2.47. The first-order chi connectivity index (χ1) is 16.3. The number of ether oxygens (including phenoxy) is 1. The van der Waals surface area contributed by atoms with E-state index in [4.69, 9.17) is 10.5 Å². The van der Waals surface area contributed by atoms with E-state index in [0.717, 1.165) is 57.0 Å². The summed E-state index contributed by atoms with van der Waals surface area (Å²) in [4.78, 5) is 23.1. The Hall–Kier alpha value is -3.59. The third kappa shape index (κ3) is 4.07. The summed E-state index contributed by atoms with van der Waals surface area (Å²) >= 11 is 0. The molecular weight excluding hydrogens is 440 g/mol. The predicted octanol–water partition coefficient (Wildman–Crippen LogP) is 4.19. The minimum absolute atomic E-state index is 0.0550. The maximum absolute atomic E-state index is 14.4. The molecule has 2 fully saturated rings. The van der Waals surface area contributed by atoms with Crippen LogP contribution in [0.4, 0.5) is 26.0 Å². The lowest BCUT2D eigenvalue weighted by molar-refractivity contribution is -0.124. The summed E-state index contributed by atoms with van der Waals surface area (Å²) in [6.45, 7) is 5.18. The second-order valence-corrected chi connectivity index (χ2v) is 8.98. The van der Waals surface area contributed by atoms with Gasteiger partial charge >= 0.3 is 0 Å². The number of aryl methyl sites for hydroxylation is 1. The van der Waals surface area contributed by atoms with Crippen molar-refractivity contribution in [2.24, 2.45) is 11.1 Å². The van der Waals surface area contributed by atoms with Gasteiger partial charge in [0, 0.05) is 18.5 Å². The van der Waals surface area contributed by atoms with Crippen LogP contribution in [0, 0.1) is 24.0 Å². The summed E-state index contributed by atoms with van der Waals surface area (Å²) in [6, 6.07) is 8.77. The number of aromatic nitrogens is 2. The van der Waals surface area contributed by atoms with Gasteiger partial charge in [-0.15, -0.1) is 0 Å². The smallest absolute Gasteiger partial charge is 0.252 e. The molecule has 4 heterocycles. The summed E-state index contributed by atoms with van der Waals surface area (Å²) in [6.07, 6.45) is 3.97. The molecule has 1 spiro atoms. The molecule has 0 saturated carbocycles. The first-order valence-electron chi connectivity index (χ1n) is 11.2. The number of hydrogen-bond acceptors (Lipinski definition) is 6. The van der Waals surface area contributed by atoms with Crippen molar-refractivity contribution in [3.8, 4) is 11.3 Å². The van der Waals surface area contributed by atoms with Crippen LogP contribution in [-0.4, -0.2) is 42.2 Å². The van der Waals surface area contributed by atoms with Crippen LogP contribution >= 0.6 is 0 Å². The molecule has 2 aliphatic rings. The SMILES string of the molecule is Cc1nc(-c2c(F)cccc2F)cc(Nc2ccc(N3CCC4(CC3)COC4)cn2)c1C(N)=O. The monoisotopic (exact) mass is 465 g/mol. The molecule has 1 aromatic carbocycles. The Kier molecular flexibility index (Phi) is 5.65. The first-order valence-corrected chi connectivity index (χ1v) is 11.2. The molecule has 2 aromatic heterocycles. The predicted molar refractivity (Wildman–Crippen MR) is 125 cm³/mol. The summed E-state index contributed by atoms with van der Waals surface area (Å²) in [5.41, 5.74) is 7.39. The van der Waals surface area contributed by atoms with Crippen molar-refractivity contribution in [1.29, 1.82) is 0 Å². The van der Waals surface area contributed by atoms with Gasteiger partial charge < -0.3 is 20.7 Å². The Bertz CT molecular complexity index is 1210. The Labute approximate surface area is 196 Å².